The zero-order valence-corrected chi connectivity index (χ0v) is 22.9. The molecule has 4 aromatic rings. The van der Waals surface area contributed by atoms with Gasteiger partial charge in [-0.05, 0) is 66.6 Å². The summed E-state index contributed by atoms with van der Waals surface area (Å²) < 4.78 is 53.3. The van der Waals surface area contributed by atoms with E-state index in [1.807, 2.05) is 6.92 Å². The van der Waals surface area contributed by atoms with E-state index in [-0.39, 0.29) is 42.6 Å². The number of aryl methyl sites for hydroxylation is 1. The van der Waals surface area contributed by atoms with Gasteiger partial charge < -0.3 is 19.2 Å². The Morgan fingerprint density at radius 1 is 1.15 bits per heavy atom. The molecular weight excluding hydrogens is 541 g/mol. The Labute approximate surface area is 232 Å². The summed E-state index contributed by atoms with van der Waals surface area (Å²) in [4.78, 5) is 29.0. The largest absolute Gasteiger partial charge is 0.492 e. The smallest absolute Gasteiger partial charge is 0.337 e. The van der Waals surface area contributed by atoms with Crippen molar-refractivity contribution in [1.29, 1.82) is 0 Å². The molecule has 0 aliphatic carbocycles. The molecule has 40 heavy (non-hydrogen) atoms. The molecule has 0 spiro atoms. The van der Waals surface area contributed by atoms with Crippen LogP contribution in [0.1, 0.15) is 38.9 Å². The monoisotopic (exact) mass is 569 g/mol. The Morgan fingerprint density at radius 2 is 1.85 bits per heavy atom. The molecule has 10 nitrogen and oxygen atoms in total. The third-order valence-corrected chi connectivity index (χ3v) is 6.98. The van der Waals surface area contributed by atoms with Gasteiger partial charge in [0.2, 0.25) is 17.0 Å². The van der Waals surface area contributed by atoms with Crippen LogP contribution >= 0.6 is 0 Å². The fourth-order valence-electron chi connectivity index (χ4n) is 4.15. The van der Waals surface area contributed by atoms with Crippen molar-refractivity contribution in [3.63, 3.8) is 0 Å². The van der Waals surface area contributed by atoms with E-state index in [1.165, 1.54) is 42.7 Å². The summed E-state index contributed by atoms with van der Waals surface area (Å²) >= 11 is -2.33. The van der Waals surface area contributed by atoms with Crippen molar-refractivity contribution in [2.45, 2.75) is 19.9 Å². The molecule has 1 atom stereocenters. The van der Waals surface area contributed by atoms with E-state index in [0.717, 1.165) is 5.56 Å². The Kier molecular flexibility index (Phi) is 9.25. The van der Waals surface area contributed by atoms with Crippen molar-refractivity contribution in [2.75, 3.05) is 27.3 Å². The van der Waals surface area contributed by atoms with Gasteiger partial charge >= 0.3 is 5.97 Å². The third-order valence-electron chi connectivity index (χ3n) is 6.22. The number of halogens is 1. The van der Waals surface area contributed by atoms with Crippen molar-refractivity contribution >= 4 is 34.2 Å². The van der Waals surface area contributed by atoms with Crippen molar-refractivity contribution in [3.05, 3.63) is 82.8 Å². The highest BCUT2D eigenvalue weighted by Gasteiger charge is 2.25. The number of rotatable bonds is 11. The van der Waals surface area contributed by atoms with Crippen molar-refractivity contribution in [2.24, 2.45) is 0 Å². The van der Waals surface area contributed by atoms with Gasteiger partial charge in [-0.2, -0.15) is 4.31 Å². The molecule has 2 N–H and O–H groups in total. The lowest BCUT2D eigenvalue weighted by atomic mass is 10.0. The van der Waals surface area contributed by atoms with Crippen LogP contribution in [0.4, 0.5) is 4.39 Å². The number of carbonyl (C=O) groups is 2. The Bertz CT molecular complexity index is 1540. The molecule has 0 bridgehead atoms. The Morgan fingerprint density at radius 3 is 2.45 bits per heavy atom. The van der Waals surface area contributed by atoms with Crippen LogP contribution in [0.2, 0.25) is 0 Å². The lowest BCUT2D eigenvalue weighted by molar-refractivity contribution is 0.0600. The number of furan rings is 1. The summed E-state index contributed by atoms with van der Waals surface area (Å²) in [5.74, 6) is -0.543. The van der Waals surface area contributed by atoms with Crippen molar-refractivity contribution in [1.82, 2.24) is 14.6 Å². The molecule has 0 fully saturated rings. The van der Waals surface area contributed by atoms with Crippen molar-refractivity contribution in [3.8, 4) is 17.1 Å². The normalized spacial score (nSPS) is 11.9. The van der Waals surface area contributed by atoms with Crippen LogP contribution in [-0.4, -0.2) is 57.2 Å². The maximum absolute atomic E-state index is 13.5. The number of benzene rings is 2. The predicted octanol–water partition coefficient (Wildman–Crippen LogP) is 4.36. The molecule has 2 heterocycles. The Balaban J connectivity index is 1.59. The minimum absolute atomic E-state index is 0.00868. The number of esters is 1. The average Bonchev–Trinajstić information content (AvgIpc) is 3.34. The van der Waals surface area contributed by atoms with E-state index in [1.54, 1.807) is 30.3 Å². The van der Waals surface area contributed by atoms with Crippen LogP contribution in [0.25, 0.3) is 22.4 Å². The number of amides is 1. The molecular formula is C28H28FN3O7S. The molecule has 12 heteroatoms. The maximum atomic E-state index is 13.5. The van der Waals surface area contributed by atoms with Gasteiger partial charge in [-0.3, -0.25) is 9.35 Å². The number of hydrogen-bond acceptors (Lipinski definition) is 7. The van der Waals surface area contributed by atoms with Crippen LogP contribution in [0.3, 0.4) is 0 Å². The lowest BCUT2D eigenvalue weighted by Crippen LogP contribution is -2.30. The highest BCUT2D eigenvalue weighted by atomic mass is 32.2. The quantitative estimate of drug-likeness (QED) is 0.201. The van der Waals surface area contributed by atoms with Gasteiger partial charge in [-0.1, -0.05) is 6.92 Å². The molecule has 1 amide bonds. The van der Waals surface area contributed by atoms with Gasteiger partial charge in [0.1, 0.15) is 23.9 Å². The highest BCUT2D eigenvalue weighted by molar-refractivity contribution is 7.76. The van der Waals surface area contributed by atoms with Gasteiger partial charge in [-0.15, -0.1) is 0 Å². The second-order valence-corrected chi connectivity index (χ2v) is 9.63. The molecule has 4 rings (SSSR count). The second kappa shape index (κ2) is 12.8. The molecule has 0 saturated carbocycles. The number of carbonyl (C=O) groups excluding carboxylic acids is 2. The highest BCUT2D eigenvalue weighted by Crippen LogP contribution is 2.34. The summed E-state index contributed by atoms with van der Waals surface area (Å²) in [5.41, 5.74) is 2.60. The second-order valence-electron chi connectivity index (χ2n) is 8.65. The summed E-state index contributed by atoms with van der Waals surface area (Å²) in [6.45, 7) is 2.10. The first-order chi connectivity index (χ1) is 19.2. The van der Waals surface area contributed by atoms with Crippen LogP contribution in [0, 0.1) is 5.82 Å². The number of methoxy groups -OCH3 is 1. The summed E-state index contributed by atoms with van der Waals surface area (Å²) in [6.07, 6.45) is 0.539. The van der Waals surface area contributed by atoms with Crippen molar-refractivity contribution < 1.29 is 36.6 Å². The molecule has 2 aromatic heterocycles. The van der Waals surface area contributed by atoms with Crippen LogP contribution in [0.15, 0.2) is 59.0 Å². The molecule has 0 saturated heterocycles. The summed E-state index contributed by atoms with van der Waals surface area (Å²) in [5, 5.41) is 3.09. The Hall–Kier alpha value is -4.13. The van der Waals surface area contributed by atoms with Gasteiger partial charge in [0.05, 0.1) is 35.9 Å². The van der Waals surface area contributed by atoms with E-state index in [0.29, 0.717) is 34.4 Å². The molecule has 210 valence electrons. The lowest BCUT2D eigenvalue weighted by Gasteiger charge is -2.19. The molecule has 2 aromatic carbocycles. The SMILES string of the molecule is CCc1cc2c(C(=O)NC)c(-c3ccc(F)cc3)oc2nc1CN(CCOc1ccc(C(=O)OC)cc1)S(=O)O. The van der Waals surface area contributed by atoms with Crippen LogP contribution in [-0.2, 0) is 29.0 Å². The first-order valence-electron chi connectivity index (χ1n) is 12.4. The zero-order valence-electron chi connectivity index (χ0n) is 22.1. The fourth-order valence-corrected chi connectivity index (χ4v) is 4.61. The zero-order chi connectivity index (χ0) is 28.8. The number of aromatic nitrogens is 1. The third kappa shape index (κ3) is 6.36. The molecule has 0 aliphatic rings. The summed E-state index contributed by atoms with van der Waals surface area (Å²) in [6, 6.07) is 13.7. The van der Waals surface area contributed by atoms with Crippen LogP contribution < -0.4 is 10.1 Å². The molecule has 0 radical (unpaired) electrons. The van der Waals surface area contributed by atoms with E-state index in [9.17, 15) is 22.7 Å². The number of fused-ring (bicyclic) bond motifs is 1. The van der Waals surface area contributed by atoms with Gasteiger partial charge in [0.25, 0.3) is 5.91 Å². The summed E-state index contributed by atoms with van der Waals surface area (Å²) in [7, 11) is 2.80. The van der Waals surface area contributed by atoms with Crippen LogP contribution in [0.5, 0.6) is 5.75 Å². The number of hydrogen-bond donors (Lipinski definition) is 2. The first-order valence-corrected chi connectivity index (χ1v) is 13.4. The number of pyridine rings is 1. The maximum Gasteiger partial charge on any atom is 0.337 e. The number of nitrogens with one attached hydrogen (secondary N) is 1. The standard InChI is InChI=1S/C28H28FN3O7S/c1-4-17-15-22-24(26(33)30-2)25(18-5-9-20(29)10-6-18)39-27(22)31-23(17)16-32(40(35)36)13-14-38-21-11-7-19(8-12-21)28(34)37-3/h5-12,15H,4,13-14,16H2,1-3H3,(H,30,33)(H,35,36). The topological polar surface area (TPSA) is 131 Å². The minimum atomic E-state index is -2.33. The number of ether oxygens (including phenoxy) is 2. The number of nitrogens with zero attached hydrogens (tertiary/aromatic N) is 2. The van der Waals surface area contributed by atoms with E-state index >= 15 is 0 Å². The van der Waals surface area contributed by atoms with E-state index in [2.05, 4.69) is 15.0 Å². The minimum Gasteiger partial charge on any atom is -0.492 e. The first kappa shape index (κ1) is 28.9. The average molecular weight is 570 g/mol. The fraction of sp³-hybridized carbons (Fsp3) is 0.250. The predicted molar refractivity (Wildman–Crippen MR) is 147 cm³/mol. The van der Waals surface area contributed by atoms with E-state index < -0.39 is 23.1 Å². The van der Waals surface area contributed by atoms with Gasteiger partial charge in [0, 0.05) is 19.2 Å². The van der Waals surface area contributed by atoms with Gasteiger partial charge in [0.15, 0.2) is 0 Å². The molecule has 0 aliphatic heterocycles. The molecule has 1 unspecified atom stereocenters. The van der Waals surface area contributed by atoms with E-state index in [4.69, 9.17) is 9.15 Å². The van der Waals surface area contributed by atoms with Gasteiger partial charge in [-0.25, -0.2) is 18.4 Å².